The molecule has 0 N–H and O–H groups in total. The van der Waals surface area contributed by atoms with Gasteiger partial charge < -0.3 is 0 Å². The molecule has 0 unspecified atom stereocenters. The maximum atomic E-state index is 10.8. The molecule has 12 heavy (non-hydrogen) atoms. The van der Waals surface area contributed by atoms with Gasteiger partial charge in [0.15, 0.2) is 0 Å². The van der Waals surface area contributed by atoms with Gasteiger partial charge in [-0.25, -0.2) is 0 Å². The van der Waals surface area contributed by atoms with Crippen LogP contribution in [0.1, 0.15) is 0 Å². The summed E-state index contributed by atoms with van der Waals surface area (Å²) in [5, 5.41) is 9.86. The summed E-state index contributed by atoms with van der Waals surface area (Å²) in [6.45, 7) is 0. The van der Waals surface area contributed by atoms with Crippen molar-refractivity contribution in [2.45, 2.75) is 0 Å². The van der Waals surface area contributed by atoms with Gasteiger partial charge in [-0.2, -0.15) is 0 Å². The minimum Gasteiger partial charge on any atom is -0.285 e. The normalized spacial score (nSPS) is 17.1. The minimum atomic E-state index is -1.17. The Balaban J connectivity index is 3.23. The molecule has 1 aliphatic carbocycles. The van der Waals surface area contributed by atoms with Gasteiger partial charge in [-0.15, -0.1) is 0 Å². The molecule has 0 amide bonds. The number of hydrogen-bond donors (Lipinski definition) is 0. The molecule has 0 saturated carbocycles. The summed E-state index contributed by atoms with van der Waals surface area (Å²) in [7, 11) is 0. The summed E-state index contributed by atoms with van der Waals surface area (Å²) in [6.07, 6.45) is 1.93. The van der Waals surface area contributed by atoms with Crippen molar-refractivity contribution in [2.75, 3.05) is 0 Å². The van der Waals surface area contributed by atoms with E-state index in [1.807, 2.05) is 0 Å². The van der Waals surface area contributed by atoms with Crippen LogP contribution >= 0.6 is 11.6 Å². The molecule has 0 atom stereocenters. The number of allylic oxidation sites excluding steroid dienone is 4. The number of ketones is 2. The van der Waals surface area contributed by atoms with E-state index in [-0.39, 0.29) is 5.03 Å². The minimum absolute atomic E-state index is 0.315. The molecule has 0 fully saturated rings. The Labute approximate surface area is 71.5 Å². The second kappa shape index (κ2) is 2.86. The summed E-state index contributed by atoms with van der Waals surface area (Å²) < 4.78 is 0. The van der Waals surface area contributed by atoms with Gasteiger partial charge in [-0.05, 0) is 12.2 Å². The lowest BCUT2D eigenvalue weighted by atomic mass is 10.1. The molecule has 0 aromatic carbocycles. The molecule has 0 spiro atoms. The predicted octanol–water partition coefficient (Wildman–Crippen LogP) is 0.421. The first-order chi connectivity index (χ1) is 5.54. The van der Waals surface area contributed by atoms with Gasteiger partial charge in [0, 0.05) is 0 Å². The second-order valence-corrected chi connectivity index (χ2v) is 2.39. The largest absolute Gasteiger partial charge is 0.338 e. The molecular weight excluding hydrogens is 186 g/mol. The van der Waals surface area contributed by atoms with Crippen LogP contribution in [0, 0.1) is 10.1 Å². The lowest BCUT2D eigenvalue weighted by Gasteiger charge is -1.99. The summed E-state index contributed by atoms with van der Waals surface area (Å²) in [4.78, 5) is 30.6. The van der Waals surface area contributed by atoms with Crippen molar-refractivity contribution < 1.29 is 14.5 Å². The summed E-state index contributed by atoms with van der Waals surface area (Å²) in [6, 6.07) is 0. The Morgan fingerprint density at radius 2 is 1.92 bits per heavy atom. The zero-order valence-corrected chi connectivity index (χ0v) is 6.37. The molecule has 62 valence electrons. The van der Waals surface area contributed by atoms with E-state index in [1.54, 1.807) is 0 Å². The smallest absolute Gasteiger partial charge is 0.285 e. The van der Waals surface area contributed by atoms with Crippen LogP contribution in [-0.4, -0.2) is 16.5 Å². The highest BCUT2D eigenvalue weighted by Crippen LogP contribution is 2.17. The lowest BCUT2D eigenvalue weighted by molar-refractivity contribution is -0.418. The monoisotopic (exact) mass is 187 g/mol. The number of halogens is 1. The van der Waals surface area contributed by atoms with Crippen LogP contribution in [0.15, 0.2) is 22.9 Å². The van der Waals surface area contributed by atoms with Crippen molar-refractivity contribution in [3.63, 3.8) is 0 Å². The van der Waals surface area contributed by atoms with E-state index >= 15 is 0 Å². The average Bonchev–Trinajstić information content (AvgIpc) is 1.97. The maximum absolute atomic E-state index is 10.8. The molecule has 0 bridgehead atoms. The summed E-state index contributed by atoms with van der Waals surface area (Å²) >= 11 is 5.32. The van der Waals surface area contributed by atoms with Crippen LogP contribution in [0.5, 0.6) is 0 Å². The van der Waals surface area contributed by atoms with Crippen LogP contribution in [0.3, 0.4) is 0 Å². The zero-order valence-electron chi connectivity index (χ0n) is 5.61. The number of carbonyl (C=O) groups excluding carboxylic acids is 2. The Morgan fingerprint density at radius 1 is 1.33 bits per heavy atom. The van der Waals surface area contributed by atoms with E-state index in [9.17, 15) is 19.7 Å². The number of Topliss-reactive ketones (excluding diaryl/α,β-unsaturated/α-hetero) is 1. The summed E-state index contributed by atoms with van der Waals surface area (Å²) in [5.41, 5.74) is -0.857. The van der Waals surface area contributed by atoms with Crippen LogP contribution in [0.25, 0.3) is 0 Å². The molecule has 0 saturated heterocycles. The Hall–Kier alpha value is -1.49. The van der Waals surface area contributed by atoms with Crippen molar-refractivity contribution in [1.29, 1.82) is 0 Å². The fourth-order valence-electron chi connectivity index (χ4n) is 0.699. The molecule has 1 aliphatic rings. The van der Waals surface area contributed by atoms with E-state index in [2.05, 4.69) is 0 Å². The highest BCUT2D eigenvalue weighted by atomic mass is 35.5. The van der Waals surface area contributed by atoms with Gasteiger partial charge in [0.2, 0.25) is 5.78 Å². The van der Waals surface area contributed by atoms with Gasteiger partial charge in [0.25, 0.3) is 0 Å². The van der Waals surface area contributed by atoms with Crippen LogP contribution in [0.2, 0.25) is 0 Å². The van der Waals surface area contributed by atoms with Gasteiger partial charge in [-0.3, -0.25) is 19.7 Å². The van der Waals surface area contributed by atoms with E-state index in [0.29, 0.717) is 0 Å². The molecule has 0 aromatic heterocycles. The number of nitrogens with zero attached hydrogens (tertiary/aromatic N) is 1. The Bertz CT molecular complexity index is 341. The third kappa shape index (κ3) is 1.26. The molecule has 0 aromatic rings. The lowest BCUT2D eigenvalue weighted by Crippen LogP contribution is -2.22. The van der Waals surface area contributed by atoms with Gasteiger partial charge in [0.1, 0.15) is 5.03 Å². The van der Waals surface area contributed by atoms with Gasteiger partial charge in [0.05, 0.1) is 4.92 Å². The molecular formula is C6H2ClNO4. The standard InChI is InChI=1S/C6H2ClNO4/c7-3-1-2-4(9)6(10)5(3)8(11)12/h1-2H. The molecule has 0 heterocycles. The zero-order chi connectivity index (χ0) is 9.30. The average molecular weight is 188 g/mol. The number of carbonyl (C=O) groups is 2. The van der Waals surface area contributed by atoms with Crippen molar-refractivity contribution >= 4 is 23.2 Å². The van der Waals surface area contributed by atoms with Crippen LogP contribution in [0.4, 0.5) is 0 Å². The summed E-state index contributed by atoms with van der Waals surface area (Å²) in [5.74, 6) is -2.10. The highest BCUT2D eigenvalue weighted by Gasteiger charge is 2.33. The number of rotatable bonds is 1. The Kier molecular flexibility index (Phi) is 2.05. The van der Waals surface area contributed by atoms with Crippen LogP contribution < -0.4 is 0 Å². The van der Waals surface area contributed by atoms with Crippen molar-refractivity contribution in [3.05, 3.63) is 33.0 Å². The third-order valence-electron chi connectivity index (χ3n) is 1.23. The quantitative estimate of drug-likeness (QED) is 0.258. The molecule has 0 radical (unpaired) electrons. The van der Waals surface area contributed by atoms with Crippen molar-refractivity contribution in [2.24, 2.45) is 0 Å². The second-order valence-electron chi connectivity index (χ2n) is 1.98. The van der Waals surface area contributed by atoms with E-state index < -0.39 is 22.2 Å². The topological polar surface area (TPSA) is 77.3 Å². The Morgan fingerprint density at radius 3 is 2.33 bits per heavy atom. The van der Waals surface area contributed by atoms with Gasteiger partial charge in [-0.1, -0.05) is 11.6 Å². The first-order valence-corrected chi connectivity index (χ1v) is 3.22. The fourth-order valence-corrected chi connectivity index (χ4v) is 0.917. The molecule has 1 rings (SSSR count). The van der Waals surface area contributed by atoms with Crippen molar-refractivity contribution in [3.8, 4) is 0 Å². The van der Waals surface area contributed by atoms with E-state index in [0.717, 1.165) is 12.2 Å². The van der Waals surface area contributed by atoms with E-state index in [4.69, 9.17) is 11.6 Å². The predicted molar refractivity (Wildman–Crippen MR) is 39.0 cm³/mol. The van der Waals surface area contributed by atoms with Crippen LogP contribution in [-0.2, 0) is 9.59 Å². The SMILES string of the molecule is O=C1C=CC(Cl)=C([N+](=O)[O-])C1=O. The maximum Gasteiger partial charge on any atom is 0.338 e. The fraction of sp³-hybridized carbons (Fsp3) is 0. The molecule has 0 aliphatic heterocycles. The number of hydrogen-bond acceptors (Lipinski definition) is 4. The number of nitro groups is 1. The first kappa shape index (κ1) is 8.61. The molecule has 5 nitrogen and oxygen atoms in total. The van der Waals surface area contributed by atoms with Crippen molar-refractivity contribution in [1.82, 2.24) is 0 Å². The van der Waals surface area contributed by atoms with Gasteiger partial charge >= 0.3 is 11.5 Å². The highest BCUT2D eigenvalue weighted by molar-refractivity contribution is 6.50. The molecule has 6 heteroatoms. The third-order valence-corrected chi connectivity index (χ3v) is 1.53. The first-order valence-electron chi connectivity index (χ1n) is 2.85. The van der Waals surface area contributed by atoms with E-state index in [1.165, 1.54) is 0 Å².